The van der Waals surface area contributed by atoms with Gasteiger partial charge in [0, 0.05) is 19.3 Å². The predicted molar refractivity (Wildman–Crippen MR) is 99.4 cm³/mol. The number of nitrogens with one attached hydrogen (secondary N) is 1. The van der Waals surface area contributed by atoms with Crippen molar-refractivity contribution in [2.75, 3.05) is 20.3 Å². The lowest BCUT2D eigenvalue weighted by atomic mass is 10.1. The van der Waals surface area contributed by atoms with Crippen molar-refractivity contribution < 1.29 is 23.9 Å². The number of hydrogen-bond donors (Lipinski definition) is 1. The molecule has 0 saturated heterocycles. The van der Waals surface area contributed by atoms with Gasteiger partial charge in [-0.1, -0.05) is 30.3 Å². The number of carbonyl (C=O) groups excluding carboxylic acids is 3. The number of aryl methyl sites for hydroxylation is 1. The van der Waals surface area contributed by atoms with Crippen molar-refractivity contribution in [1.29, 1.82) is 0 Å². The van der Waals surface area contributed by atoms with Crippen molar-refractivity contribution in [3.05, 3.63) is 58.4 Å². The van der Waals surface area contributed by atoms with E-state index in [0.29, 0.717) is 23.4 Å². The molecular weight excluding hydrogens is 348 g/mol. The Balaban J connectivity index is 1.98. The van der Waals surface area contributed by atoms with Crippen LogP contribution in [-0.2, 0) is 20.8 Å². The maximum Gasteiger partial charge on any atom is 0.355 e. The second-order valence-electron chi connectivity index (χ2n) is 6.16. The largest absolute Gasteiger partial charge is 0.462 e. The number of aromatic nitrogens is 1. The van der Waals surface area contributed by atoms with Crippen LogP contribution in [0, 0.1) is 13.8 Å². The Hall–Kier alpha value is -3.09. The number of amides is 1. The first kappa shape index (κ1) is 20.2. The Bertz CT molecular complexity index is 826. The van der Waals surface area contributed by atoms with Gasteiger partial charge >= 0.3 is 11.9 Å². The van der Waals surface area contributed by atoms with E-state index in [-0.39, 0.29) is 24.8 Å². The molecule has 0 saturated carbocycles. The van der Waals surface area contributed by atoms with Gasteiger partial charge in [-0.3, -0.25) is 4.79 Å². The zero-order chi connectivity index (χ0) is 20.0. The van der Waals surface area contributed by atoms with E-state index in [9.17, 15) is 14.4 Å². The van der Waals surface area contributed by atoms with Gasteiger partial charge in [-0.25, -0.2) is 9.59 Å². The van der Waals surface area contributed by atoms with Gasteiger partial charge in [-0.2, -0.15) is 0 Å². The summed E-state index contributed by atoms with van der Waals surface area (Å²) in [5.74, 6) is -1.51. The summed E-state index contributed by atoms with van der Waals surface area (Å²) in [6.07, 6.45) is 0. The van der Waals surface area contributed by atoms with Gasteiger partial charge in [0.25, 0.3) is 5.91 Å². The Labute approximate surface area is 158 Å². The maximum absolute atomic E-state index is 12.3. The minimum atomic E-state index is -0.687. The summed E-state index contributed by atoms with van der Waals surface area (Å²) in [6, 6.07) is 9.52. The van der Waals surface area contributed by atoms with E-state index in [1.807, 2.05) is 30.3 Å². The Morgan fingerprint density at radius 3 is 2.33 bits per heavy atom. The van der Waals surface area contributed by atoms with Crippen LogP contribution in [0.2, 0.25) is 0 Å². The molecule has 0 bridgehead atoms. The Morgan fingerprint density at radius 1 is 1.04 bits per heavy atom. The molecule has 144 valence electrons. The van der Waals surface area contributed by atoms with E-state index in [1.54, 1.807) is 27.8 Å². The molecule has 1 aromatic heterocycles. The topological polar surface area (TPSA) is 88.7 Å². The van der Waals surface area contributed by atoms with Crippen LogP contribution in [0.5, 0.6) is 0 Å². The summed E-state index contributed by atoms with van der Waals surface area (Å²) in [5.41, 5.74) is 2.41. The van der Waals surface area contributed by atoms with Crippen molar-refractivity contribution in [1.82, 2.24) is 9.88 Å². The zero-order valence-corrected chi connectivity index (χ0v) is 16.0. The van der Waals surface area contributed by atoms with Gasteiger partial charge < -0.3 is 19.4 Å². The molecule has 0 aliphatic heterocycles. The van der Waals surface area contributed by atoms with Gasteiger partial charge in [-0.15, -0.1) is 0 Å². The molecule has 0 unspecified atom stereocenters. The van der Waals surface area contributed by atoms with E-state index in [1.165, 1.54) is 4.90 Å². The highest BCUT2D eigenvalue weighted by Crippen LogP contribution is 2.20. The second-order valence-corrected chi connectivity index (χ2v) is 6.16. The summed E-state index contributed by atoms with van der Waals surface area (Å²) >= 11 is 0. The van der Waals surface area contributed by atoms with Gasteiger partial charge in [-0.05, 0) is 31.9 Å². The number of rotatable bonds is 7. The lowest BCUT2D eigenvalue weighted by molar-refractivity contribution is -0.133. The normalized spacial score (nSPS) is 10.4. The number of ether oxygens (including phenoxy) is 2. The highest BCUT2D eigenvalue weighted by molar-refractivity contribution is 5.99. The molecule has 27 heavy (non-hydrogen) atoms. The summed E-state index contributed by atoms with van der Waals surface area (Å²) in [5, 5.41) is 0. The monoisotopic (exact) mass is 372 g/mol. The molecule has 0 fully saturated rings. The van der Waals surface area contributed by atoms with E-state index >= 15 is 0 Å². The van der Waals surface area contributed by atoms with Crippen LogP contribution in [0.1, 0.15) is 44.6 Å². The highest BCUT2D eigenvalue weighted by atomic mass is 16.5. The van der Waals surface area contributed by atoms with Crippen molar-refractivity contribution >= 4 is 17.8 Å². The Kier molecular flexibility index (Phi) is 6.76. The summed E-state index contributed by atoms with van der Waals surface area (Å²) in [6.45, 7) is 5.30. The minimum Gasteiger partial charge on any atom is -0.462 e. The second kappa shape index (κ2) is 9.02. The van der Waals surface area contributed by atoms with E-state index in [0.717, 1.165) is 5.56 Å². The smallest absolute Gasteiger partial charge is 0.355 e. The molecule has 2 aromatic rings. The molecule has 0 spiro atoms. The quantitative estimate of drug-likeness (QED) is 0.755. The van der Waals surface area contributed by atoms with E-state index in [4.69, 9.17) is 9.47 Å². The fourth-order valence-electron chi connectivity index (χ4n) is 2.72. The standard InChI is InChI=1S/C20H24N2O5/c1-5-26-19(24)17-13(2)18(21-14(17)3)20(25)27-12-16(23)22(4)11-15-9-7-6-8-10-15/h6-10,21H,5,11-12H2,1-4H3. The average molecular weight is 372 g/mol. The van der Waals surface area contributed by atoms with Crippen LogP contribution in [0.4, 0.5) is 0 Å². The highest BCUT2D eigenvalue weighted by Gasteiger charge is 2.24. The number of nitrogens with zero attached hydrogens (tertiary/aromatic N) is 1. The first-order chi connectivity index (χ1) is 12.8. The molecule has 0 aliphatic rings. The van der Waals surface area contributed by atoms with Crippen molar-refractivity contribution in [2.45, 2.75) is 27.3 Å². The number of H-pyrrole nitrogens is 1. The lowest BCUT2D eigenvalue weighted by Crippen LogP contribution is -2.31. The third-order valence-corrected chi connectivity index (χ3v) is 4.14. The summed E-state index contributed by atoms with van der Waals surface area (Å²) in [4.78, 5) is 40.8. The van der Waals surface area contributed by atoms with Gasteiger partial charge in [0.15, 0.2) is 6.61 Å². The van der Waals surface area contributed by atoms with Gasteiger partial charge in [0.1, 0.15) is 5.69 Å². The minimum absolute atomic E-state index is 0.147. The van der Waals surface area contributed by atoms with Gasteiger partial charge in [0.05, 0.1) is 12.2 Å². The molecule has 7 nitrogen and oxygen atoms in total. The third-order valence-electron chi connectivity index (χ3n) is 4.14. The molecular formula is C20H24N2O5. The zero-order valence-electron chi connectivity index (χ0n) is 16.0. The fraction of sp³-hybridized carbons (Fsp3) is 0.350. The van der Waals surface area contributed by atoms with Crippen LogP contribution in [0.25, 0.3) is 0 Å². The maximum atomic E-state index is 12.3. The van der Waals surface area contributed by atoms with Crippen molar-refractivity contribution in [2.24, 2.45) is 0 Å². The Morgan fingerprint density at radius 2 is 1.70 bits per heavy atom. The molecule has 1 amide bonds. The molecule has 0 aliphatic carbocycles. The number of esters is 2. The molecule has 1 heterocycles. The summed E-state index contributed by atoms with van der Waals surface area (Å²) in [7, 11) is 1.64. The molecule has 0 radical (unpaired) electrons. The third kappa shape index (κ3) is 4.97. The lowest BCUT2D eigenvalue weighted by Gasteiger charge is -2.17. The fourth-order valence-corrected chi connectivity index (χ4v) is 2.72. The number of hydrogen-bond acceptors (Lipinski definition) is 5. The SMILES string of the molecule is CCOC(=O)c1c(C)[nH]c(C(=O)OCC(=O)N(C)Cc2ccccc2)c1C. The van der Waals surface area contributed by atoms with Crippen LogP contribution in [0.3, 0.4) is 0 Å². The molecule has 1 aromatic carbocycles. The van der Waals surface area contributed by atoms with Crippen molar-refractivity contribution in [3.8, 4) is 0 Å². The van der Waals surface area contributed by atoms with Crippen LogP contribution in [-0.4, -0.2) is 48.0 Å². The summed E-state index contributed by atoms with van der Waals surface area (Å²) < 4.78 is 10.1. The van der Waals surface area contributed by atoms with Gasteiger partial charge in [0.2, 0.25) is 0 Å². The van der Waals surface area contributed by atoms with Crippen LogP contribution >= 0.6 is 0 Å². The first-order valence-electron chi connectivity index (χ1n) is 8.66. The van der Waals surface area contributed by atoms with Crippen molar-refractivity contribution in [3.63, 3.8) is 0 Å². The molecule has 7 heteroatoms. The first-order valence-corrected chi connectivity index (χ1v) is 8.66. The predicted octanol–water partition coefficient (Wildman–Crippen LogP) is 2.62. The van der Waals surface area contributed by atoms with E-state index in [2.05, 4.69) is 4.98 Å². The average Bonchev–Trinajstić information content (AvgIpc) is 2.94. The van der Waals surface area contributed by atoms with Crippen LogP contribution in [0.15, 0.2) is 30.3 Å². The molecule has 2 rings (SSSR count). The van der Waals surface area contributed by atoms with Crippen LogP contribution < -0.4 is 0 Å². The molecule has 0 atom stereocenters. The number of benzene rings is 1. The molecule has 1 N–H and O–H groups in total. The number of carbonyl (C=O) groups is 3. The number of aromatic amines is 1. The van der Waals surface area contributed by atoms with E-state index < -0.39 is 11.9 Å². The number of likely N-dealkylation sites (N-methyl/N-ethyl adjacent to an activating group) is 1.